The van der Waals surface area contributed by atoms with Crippen molar-refractivity contribution in [3.63, 3.8) is 0 Å². The fraction of sp³-hybridized carbons (Fsp3) is 0.417. The summed E-state index contributed by atoms with van der Waals surface area (Å²) >= 11 is 0. The van der Waals surface area contributed by atoms with Crippen LogP contribution in [0.5, 0.6) is 0 Å². The molecule has 0 aliphatic heterocycles. The quantitative estimate of drug-likeness (QED) is 0.586. The number of nitrogens with one attached hydrogen (secondary N) is 1. The van der Waals surface area contributed by atoms with E-state index >= 15 is 0 Å². The second-order valence-electron chi connectivity index (χ2n) is 4.20. The molecule has 94 valence electrons. The Kier molecular flexibility index (Phi) is 5.06. The van der Waals surface area contributed by atoms with Gasteiger partial charge in [-0.2, -0.15) is 5.48 Å². The lowest BCUT2D eigenvalue weighted by Crippen LogP contribution is -2.19. The number of hydrogen-bond donors (Lipinski definition) is 2. The molecule has 1 rings (SSSR count). The monoisotopic (exact) mass is 240 g/mol. The highest BCUT2D eigenvalue weighted by atomic mass is 19.1. The van der Waals surface area contributed by atoms with Crippen LogP contribution in [0.2, 0.25) is 0 Å². The molecule has 0 aliphatic rings. The molecule has 0 bridgehead atoms. The smallest absolute Gasteiger partial charge is 0.248 e. The molecule has 0 atom stereocenters. The summed E-state index contributed by atoms with van der Waals surface area (Å²) in [4.78, 5) is 16.1. The molecular formula is C12H17FN2O2. The lowest BCUT2D eigenvalue weighted by atomic mass is 10.1. The van der Waals surface area contributed by atoms with Gasteiger partial charge in [0.05, 0.1) is 6.61 Å². The van der Waals surface area contributed by atoms with Crippen molar-refractivity contribution in [3.8, 4) is 0 Å². The molecule has 0 heterocycles. The Hall–Kier alpha value is -1.46. The number of hydroxylamine groups is 1. The lowest BCUT2D eigenvalue weighted by Gasteiger charge is -2.09. The second-order valence-corrected chi connectivity index (χ2v) is 4.20. The van der Waals surface area contributed by atoms with Crippen molar-refractivity contribution in [2.45, 2.75) is 20.4 Å². The first-order valence-electron chi connectivity index (χ1n) is 5.43. The third kappa shape index (κ3) is 4.50. The van der Waals surface area contributed by atoms with Crippen molar-refractivity contribution in [2.24, 2.45) is 11.7 Å². The Morgan fingerprint density at radius 3 is 2.82 bits per heavy atom. The number of primary amides is 1. The summed E-state index contributed by atoms with van der Waals surface area (Å²) in [7, 11) is 0. The lowest BCUT2D eigenvalue weighted by molar-refractivity contribution is 0.0191. The topological polar surface area (TPSA) is 64.3 Å². The molecule has 0 aromatic heterocycles. The maximum Gasteiger partial charge on any atom is 0.248 e. The average Bonchev–Trinajstić information content (AvgIpc) is 2.25. The Morgan fingerprint density at radius 2 is 2.24 bits per heavy atom. The maximum atomic E-state index is 13.4. The molecule has 0 unspecified atom stereocenters. The van der Waals surface area contributed by atoms with E-state index in [-0.39, 0.29) is 12.1 Å². The van der Waals surface area contributed by atoms with Gasteiger partial charge in [-0.05, 0) is 24.1 Å². The van der Waals surface area contributed by atoms with Crippen molar-refractivity contribution in [1.82, 2.24) is 5.48 Å². The predicted molar refractivity (Wildman–Crippen MR) is 62.5 cm³/mol. The van der Waals surface area contributed by atoms with Crippen molar-refractivity contribution in [1.29, 1.82) is 0 Å². The average molecular weight is 240 g/mol. The minimum absolute atomic E-state index is 0.194. The molecule has 0 fully saturated rings. The molecule has 0 spiro atoms. The third-order valence-electron chi connectivity index (χ3n) is 2.11. The van der Waals surface area contributed by atoms with Crippen LogP contribution in [0.1, 0.15) is 29.8 Å². The summed E-state index contributed by atoms with van der Waals surface area (Å²) in [6.45, 7) is 4.75. The number of benzene rings is 1. The molecule has 0 saturated heterocycles. The first kappa shape index (κ1) is 13.6. The van der Waals surface area contributed by atoms with Gasteiger partial charge in [0.2, 0.25) is 5.91 Å². The predicted octanol–water partition coefficient (Wildman–Crippen LogP) is 1.60. The van der Waals surface area contributed by atoms with Crippen LogP contribution in [0.15, 0.2) is 18.2 Å². The van der Waals surface area contributed by atoms with Crippen LogP contribution in [0.4, 0.5) is 4.39 Å². The highest BCUT2D eigenvalue weighted by Gasteiger charge is 2.07. The van der Waals surface area contributed by atoms with E-state index < -0.39 is 11.7 Å². The van der Waals surface area contributed by atoms with Crippen molar-refractivity contribution in [3.05, 3.63) is 35.1 Å². The first-order valence-corrected chi connectivity index (χ1v) is 5.43. The number of carbonyl (C=O) groups is 1. The minimum Gasteiger partial charge on any atom is -0.366 e. The standard InChI is InChI=1S/C12H17FN2O2/c1-8(2)7-17-15-6-10-5-9(12(14)16)3-4-11(10)13/h3-5,8,15H,6-7H2,1-2H3,(H2,14,16). The van der Waals surface area contributed by atoms with Crippen molar-refractivity contribution < 1.29 is 14.0 Å². The summed E-state index contributed by atoms with van der Waals surface area (Å²) in [5.74, 6) is -0.575. The molecule has 1 amide bonds. The van der Waals surface area contributed by atoms with E-state index in [0.717, 1.165) is 0 Å². The zero-order valence-electron chi connectivity index (χ0n) is 10.00. The maximum absolute atomic E-state index is 13.4. The van der Waals surface area contributed by atoms with Crippen molar-refractivity contribution >= 4 is 5.91 Å². The van der Waals surface area contributed by atoms with E-state index in [2.05, 4.69) is 5.48 Å². The molecule has 0 radical (unpaired) electrons. The van der Waals surface area contributed by atoms with E-state index in [1.807, 2.05) is 13.8 Å². The molecule has 0 saturated carbocycles. The van der Waals surface area contributed by atoms with Crippen LogP contribution >= 0.6 is 0 Å². The van der Waals surface area contributed by atoms with E-state index in [0.29, 0.717) is 18.1 Å². The SMILES string of the molecule is CC(C)CONCc1cc(C(N)=O)ccc1F. The fourth-order valence-corrected chi connectivity index (χ4v) is 1.22. The molecule has 1 aromatic carbocycles. The van der Waals surface area contributed by atoms with Gasteiger partial charge in [0, 0.05) is 17.7 Å². The Balaban J connectivity index is 2.57. The highest BCUT2D eigenvalue weighted by Crippen LogP contribution is 2.10. The zero-order chi connectivity index (χ0) is 12.8. The van der Waals surface area contributed by atoms with Crippen LogP contribution in [-0.4, -0.2) is 12.5 Å². The number of halogens is 1. The van der Waals surface area contributed by atoms with Gasteiger partial charge in [0.15, 0.2) is 0 Å². The molecule has 17 heavy (non-hydrogen) atoms. The van der Waals surface area contributed by atoms with Crippen molar-refractivity contribution in [2.75, 3.05) is 6.61 Å². The number of carbonyl (C=O) groups excluding carboxylic acids is 1. The van der Waals surface area contributed by atoms with Gasteiger partial charge in [0.25, 0.3) is 0 Å². The zero-order valence-corrected chi connectivity index (χ0v) is 10.00. The molecule has 5 heteroatoms. The molecular weight excluding hydrogens is 223 g/mol. The van der Waals surface area contributed by atoms with E-state index in [9.17, 15) is 9.18 Å². The summed E-state index contributed by atoms with van der Waals surface area (Å²) in [5.41, 5.74) is 8.40. The van der Waals surface area contributed by atoms with Gasteiger partial charge >= 0.3 is 0 Å². The first-order chi connectivity index (χ1) is 8.00. The van der Waals surface area contributed by atoms with Gasteiger partial charge in [-0.15, -0.1) is 0 Å². The van der Waals surface area contributed by atoms with Crippen LogP contribution in [0.25, 0.3) is 0 Å². The number of hydrogen-bond acceptors (Lipinski definition) is 3. The van der Waals surface area contributed by atoms with Gasteiger partial charge in [-0.1, -0.05) is 13.8 Å². The van der Waals surface area contributed by atoms with E-state index in [1.165, 1.54) is 18.2 Å². The van der Waals surface area contributed by atoms with Gasteiger partial charge in [0.1, 0.15) is 5.82 Å². The van der Waals surface area contributed by atoms with Crippen LogP contribution in [0, 0.1) is 11.7 Å². The van der Waals surface area contributed by atoms with Crippen LogP contribution in [0.3, 0.4) is 0 Å². The molecule has 0 aliphatic carbocycles. The summed E-state index contributed by atoms with van der Waals surface area (Å²) in [6.07, 6.45) is 0. The Bertz CT molecular complexity index is 394. The minimum atomic E-state index is -0.575. The van der Waals surface area contributed by atoms with Gasteiger partial charge in [-0.25, -0.2) is 4.39 Å². The number of nitrogens with two attached hydrogens (primary N) is 1. The largest absolute Gasteiger partial charge is 0.366 e. The summed E-state index contributed by atoms with van der Waals surface area (Å²) < 4.78 is 13.4. The molecule has 1 aromatic rings. The van der Waals surface area contributed by atoms with Gasteiger partial charge in [-0.3, -0.25) is 4.79 Å². The van der Waals surface area contributed by atoms with E-state index in [4.69, 9.17) is 10.6 Å². The number of amides is 1. The van der Waals surface area contributed by atoms with E-state index in [1.54, 1.807) is 0 Å². The Labute approximate surface area is 99.9 Å². The third-order valence-corrected chi connectivity index (χ3v) is 2.11. The normalized spacial score (nSPS) is 10.8. The van der Waals surface area contributed by atoms with Crippen LogP contribution in [-0.2, 0) is 11.4 Å². The van der Waals surface area contributed by atoms with Crippen LogP contribution < -0.4 is 11.2 Å². The van der Waals surface area contributed by atoms with Gasteiger partial charge < -0.3 is 10.6 Å². The summed E-state index contributed by atoms with van der Waals surface area (Å²) in [6, 6.07) is 4.00. The highest BCUT2D eigenvalue weighted by molar-refractivity contribution is 5.92. The molecule has 3 N–H and O–H groups in total. The fourth-order valence-electron chi connectivity index (χ4n) is 1.22. The second kappa shape index (κ2) is 6.32. The molecule has 4 nitrogen and oxygen atoms in total. The number of rotatable bonds is 6. The summed E-state index contributed by atoms with van der Waals surface area (Å²) in [5, 5.41) is 0. The Morgan fingerprint density at radius 1 is 1.53 bits per heavy atom.